The van der Waals surface area contributed by atoms with Crippen LogP contribution in [0.3, 0.4) is 0 Å². The van der Waals surface area contributed by atoms with Crippen LogP contribution in [0.15, 0.2) is 18.3 Å². The lowest BCUT2D eigenvalue weighted by Gasteiger charge is -2.14. The van der Waals surface area contributed by atoms with Gasteiger partial charge in [-0.2, -0.15) is 12.6 Å². The lowest BCUT2D eigenvalue weighted by atomic mass is 10.3. The van der Waals surface area contributed by atoms with Crippen molar-refractivity contribution in [3.8, 4) is 0 Å². The number of aromatic amines is 1. The molecule has 0 bridgehead atoms. The Balaban J connectivity index is 1.84. The van der Waals surface area contributed by atoms with Gasteiger partial charge in [-0.3, -0.25) is 4.79 Å². The average molecular weight is 210 g/mol. The highest BCUT2D eigenvalue weighted by Crippen LogP contribution is 2.15. The van der Waals surface area contributed by atoms with Gasteiger partial charge < -0.3 is 9.88 Å². The lowest BCUT2D eigenvalue weighted by Crippen LogP contribution is -2.27. The van der Waals surface area contributed by atoms with Crippen molar-refractivity contribution in [2.45, 2.75) is 18.1 Å². The quantitative estimate of drug-likeness (QED) is 0.720. The summed E-state index contributed by atoms with van der Waals surface area (Å²) >= 11 is 4.31. The average Bonchev–Trinajstić information content (AvgIpc) is 2.72. The second-order valence-electron chi connectivity index (χ2n) is 3.64. The Kier molecular flexibility index (Phi) is 2.82. The van der Waals surface area contributed by atoms with E-state index in [1.807, 2.05) is 23.2 Å². The van der Waals surface area contributed by atoms with Gasteiger partial charge in [-0.1, -0.05) is 0 Å². The zero-order valence-corrected chi connectivity index (χ0v) is 8.83. The van der Waals surface area contributed by atoms with E-state index in [0.717, 1.165) is 19.5 Å². The first-order valence-corrected chi connectivity index (χ1v) is 5.35. The van der Waals surface area contributed by atoms with Crippen molar-refractivity contribution in [3.05, 3.63) is 24.0 Å². The molecular weight excluding hydrogens is 196 g/mol. The van der Waals surface area contributed by atoms with Crippen molar-refractivity contribution in [3.63, 3.8) is 0 Å². The molecule has 14 heavy (non-hydrogen) atoms. The molecule has 0 radical (unpaired) electrons. The highest BCUT2D eigenvalue weighted by atomic mass is 32.1. The first kappa shape index (κ1) is 9.65. The molecule has 1 aromatic rings. The topological polar surface area (TPSA) is 36.1 Å². The molecule has 1 aliphatic heterocycles. The summed E-state index contributed by atoms with van der Waals surface area (Å²) in [6, 6.07) is 4.02. The summed E-state index contributed by atoms with van der Waals surface area (Å²) in [6.45, 7) is 1.60. The fraction of sp³-hybridized carbons (Fsp3) is 0.500. The Hall–Kier alpha value is -0.900. The Bertz CT molecular complexity index is 310. The SMILES string of the molecule is O=C1CC(S)CN1CCc1ccc[nH]1. The Morgan fingerprint density at radius 2 is 2.50 bits per heavy atom. The van der Waals surface area contributed by atoms with Gasteiger partial charge in [0.1, 0.15) is 0 Å². The summed E-state index contributed by atoms with van der Waals surface area (Å²) in [5.41, 5.74) is 1.18. The van der Waals surface area contributed by atoms with Crippen LogP contribution in [0.1, 0.15) is 12.1 Å². The predicted octanol–water partition coefficient (Wildman–Crippen LogP) is 1.09. The minimum Gasteiger partial charge on any atom is -0.365 e. The number of nitrogens with zero attached hydrogens (tertiary/aromatic N) is 1. The minimum absolute atomic E-state index is 0.228. The highest BCUT2D eigenvalue weighted by molar-refractivity contribution is 7.81. The van der Waals surface area contributed by atoms with Crippen molar-refractivity contribution in [1.82, 2.24) is 9.88 Å². The molecule has 2 rings (SSSR count). The second-order valence-corrected chi connectivity index (χ2v) is 4.37. The summed E-state index contributed by atoms with van der Waals surface area (Å²) in [6.07, 6.45) is 3.40. The minimum atomic E-state index is 0.228. The van der Waals surface area contributed by atoms with E-state index in [9.17, 15) is 4.79 Å². The van der Waals surface area contributed by atoms with E-state index in [-0.39, 0.29) is 11.2 Å². The molecule has 1 aliphatic rings. The maximum atomic E-state index is 11.4. The number of thiol groups is 1. The smallest absolute Gasteiger partial charge is 0.223 e. The molecule has 76 valence electrons. The Morgan fingerprint density at radius 1 is 1.64 bits per heavy atom. The summed E-state index contributed by atoms with van der Waals surface area (Å²) in [4.78, 5) is 16.4. The summed E-state index contributed by atoms with van der Waals surface area (Å²) in [7, 11) is 0. The standard InChI is InChI=1S/C10H14N2OS/c13-10-6-9(14)7-12(10)5-3-8-2-1-4-11-8/h1-2,4,9,11,14H,3,5-7H2. The normalized spacial score (nSPS) is 21.9. The molecule has 0 saturated carbocycles. The van der Waals surface area contributed by atoms with E-state index in [4.69, 9.17) is 0 Å². The maximum absolute atomic E-state index is 11.4. The van der Waals surface area contributed by atoms with E-state index < -0.39 is 0 Å². The van der Waals surface area contributed by atoms with Gasteiger partial charge in [-0.05, 0) is 12.1 Å². The molecule has 1 amide bonds. The van der Waals surface area contributed by atoms with Gasteiger partial charge in [-0.15, -0.1) is 0 Å². The molecule has 1 saturated heterocycles. The van der Waals surface area contributed by atoms with Gasteiger partial charge in [0.15, 0.2) is 0 Å². The second kappa shape index (κ2) is 4.09. The number of rotatable bonds is 3. The predicted molar refractivity (Wildman–Crippen MR) is 58.5 cm³/mol. The monoisotopic (exact) mass is 210 g/mol. The lowest BCUT2D eigenvalue weighted by molar-refractivity contribution is -0.127. The first-order chi connectivity index (χ1) is 6.75. The molecule has 1 unspecified atom stereocenters. The number of aromatic nitrogens is 1. The van der Waals surface area contributed by atoms with Crippen LogP contribution in [0.5, 0.6) is 0 Å². The summed E-state index contributed by atoms with van der Waals surface area (Å²) in [5, 5.41) is 0.228. The van der Waals surface area contributed by atoms with Gasteiger partial charge >= 0.3 is 0 Å². The van der Waals surface area contributed by atoms with Gasteiger partial charge in [0, 0.05) is 43.1 Å². The Morgan fingerprint density at radius 3 is 3.07 bits per heavy atom. The molecule has 0 aliphatic carbocycles. The van der Waals surface area contributed by atoms with E-state index in [0.29, 0.717) is 6.42 Å². The number of carbonyl (C=O) groups is 1. The van der Waals surface area contributed by atoms with Crippen LogP contribution in [0.25, 0.3) is 0 Å². The first-order valence-electron chi connectivity index (χ1n) is 4.84. The van der Waals surface area contributed by atoms with Crippen LogP contribution < -0.4 is 0 Å². The van der Waals surface area contributed by atoms with Crippen LogP contribution in [0, 0.1) is 0 Å². The van der Waals surface area contributed by atoms with Crippen molar-refractivity contribution in [2.75, 3.05) is 13.1 Å². The van der Waals surface area contributed by atoms with Crippen molar-refractivity contribution in [2.24, 2.45) is 0 Å². The molecule has 3 nitrogen and oxygen atoms in total. The van der Waals surface area contributed by atoms with Gasteiger partial charge in [-0.25, -0.2) is 0 Å². The number of amides is 1. The third-order valence-corrected chi connectivity index (χ3v) is 2.85. The van der Waals surface area contributed by atoms with Crippen LogP contribution in [-0.4, -0.2) is 34.1 Å². The largest absolute Gasteiger partial charge is 0.365 e. The molecule has 0 aromatic carbocycles. The van der Waals surface area contributed by atoms with Crippen LogP contribution in [0.2, 0.25) is 0 Å². The van der Waals surface area contributed by atoms with E-state index in [2.05, 4.69) is 17.6 Å². The molecule has 2 heterocycles. The van der Waals surface area contributed by atoms with E-state index in [1.165, 1.54) is 5.69 Å². The Labute approximate surface area is 88.9 Å². The molecule has 0 spiro atoms. The maximum Gasteiger partial charge on any atom is 0.223 e. The number of likely N-dealkylation sites (tertiary alicyclic amines) is 1. The highest BCUT2D eigenvalue weighted by Gasteiger charge is 2.26. The number of hydrogen-bond donors (Lipinski definition) is 2. The molecule has 1 atom stereocenters. The summed E-state index contributed by atoms with van der Waals surface area (Å²) < 4.78 is 0. The fourth-order valence-electron chi connectivity index (χ4n) is 1.75. The molecular formula is C10H14N2OS. The van der Waals surface area contributed by atoms with Crippen LogP contribution in [0.4, 0.5) is 0 Å². The number of hydrogen-bond acceptors (Lipinski definition) is 2. The van der Waals surface area contributed by atoms with Crippen molar-refractivity contribution < 1.29 is 4.79 Å². The fourth-order valence-corrected chi connectivity index (χ4v) is 2.10. The zero-order chi connectivity index (χ0) is 9.97. The van der Waals surface area contributed by atoms with Gasteiger partial charge in [0.25, 0.3) is 0 Å². The van der Waals surface area contributed by atoms with Crippen LogP contribution >= 0.6 is 12.6 Å². The van der Waals surface area contributed by atoms with Gasteiger partial charge in [0.05, 0.1) is 0 Å². The third-order valence-electron chi connectivity index (χ3n) is 2.51. The molecule has 1 N–H and O–H groups in total. The van der Waals surface area contributed by atoms with E-state index in [1.54, 1.807) is 0 Å². The van der Waals surface area contributed by atoms with Crippen molar-refractivity contribution in [1.29, 1.82) is 0 Å². The molecule has 1 aromatic heterocycles. The van der Waals surface area contributed by atoms with Gasteiger partial charge in [0.2, 0.25) is 5.91 Å². The van der Waals surface area contributed by atoms with Crippen LogP contribution in [-0.2, 0) is 11.2 Å². The zero-order valence-electron chi connectivity index (χ0n) is 7.94. The number of nitrogens with one attached hydrogen (secondary N) is 1. The number of carbonyl (C=O) groups excluding carboxylic acids is 1. The summed E-state index contributed by atoms with van der Waals surface area (Å²) in [5.74, 6) is 0.233. The molecule has 1 fully saturated rings. The number of H-pyrrole nitrogens is 1. The van der Waals surface area contributed by atoms with Crippen molar-refractivity contribution >= 4 is 18.5 Å². The third kappa shape index (κ3) is 2.12. The molecule has 4 heteroatoms. The van der Waals surface area contributed by atoms with E-state index >= 15 is 0 Å².